The summed E-state index contributed by atoms with van der Waals surface area (Å²) in [7, 11) is 0. The van der Waals surface area contributed by atoms with Crippen LogP contribution in [0.15, 0.2) is 34.9 Å². The Morgan fingerprint density at radius 2 is 1.53 bits per heavy atom. The second-order valence-corrected chi connectivity index (χ2v) is 7.33. The fourth-order valence-electron chi connectivity index (χ4n) is 2.91. The van der Waals surface area contributed by atoms with E-state index in [9.17, 15) is 24.0 Å². The Morgan fingerprint density at radius 1 is 0.912 bits per heavy atom. The zero-order valence-electron chi connectivity index (χ0n) is 18.1. The highest BCUT2D eigenvalue weighted by Gasteiger charge is 2.26. The molecule has 0 aliphatic rings. The van der Waals surface area contributed by atoms with E-state index in [4.69, 9.17) is 20.5 Å². The molecule has 0 radical (unpaired) electrons. The van der Waals surface area contributed by atoms with Crippen molar-refractivity contribution >= 4 is 29.7 Å². The molecule has 182 valence electrons. The summed E-state index contributed by atoms with van der Waals surface area (Å²) in [5.74, 6) is -4.22. The molecule has 2 aromatic rings. The number of carboxylic acid groups (broad SMARTS) is 2. The molecule has 2 atom stereocenters. The molecule has 6 N–H and O–H groups in total. The van der Waals surface area contributed by atoms with Crippen LogP contribution >= 0.6 is 0 Å². The fraction of sp³-hybridized carbons (Fsp3) is 0.381. The summed E-state index contributed by atoms with van der Waals surface area (Å²) < 4.78 is 5.17. The molecule has 34 heavy (non-hydrogen) atoms. The van der Waals surface area contributed by atoms with E-state index in [1.807, 2.05) is 6.07 Å². The molecule has 1 aromatic carbocycles. The van der Waals surface area contributed by atoms with Gasteiger partial charge in [0.2, 0.25) is 17.7 Å². The molecule has 13 nitrogen and oxygen atoms in total. The summed E-state index contributed by atoms with van der Waals surface area (Å²) in [6.45, 7) is 0. The molecule has 0 saturated heterocycles. The zero-order valence-corrected chi connectivity index (χ0v) is 18.1. The van der Waals surface area contributed by atoms with Crippen molar-refractivity contribution in [1.29, 1.82) is 0 Å². The Labute approximate surface area is 193 Å². The summed E-state index contributed by atoms with van der Waals surface area (Å²) in [6, 6.07) is 6.44. The first-order valence-corrected chi connectivity index (χ1v) is 10.4. The summed E-state index contributed by atoms with van der Waals surface area (Å²) in [5.41, 5.74) is 5.91. The van der Waals surface area contributed by atoms with E-state index in [-0.39, 0.29) is 37.4 Å². The van der Waals surface area contributed by atoms with Gasteiger partial charge in [0.1, 0.15) is 12.1 Å². The minimum atomic E-state index is -1.29. The van der Waals surface area contributed by atoms with Crippen LogP contribution in [0, 0.1) is 0 Å². The maximum atomic E-state index is 12.6. The minimum absolute atomic E-state index is 0.0952. The predicted octanol–water partition coefficient (Wildman–Crippen LogP) is -0.146. The van der Waals surface area contributed by atoms with Gasteiger partial charge in [0.15, 0.2) is 5.82 Å². The third-order valence-corrected chi connectivity index (χ3v) is 4.67. The quantitative estimate of drug-likeness (QED) is 0.243. The number of carbonyl (C=O) groups excluding carboxylic acids is 3. The van der Waals surface area contributed by atoms with Gasteiger partial charge in [-0.25, -0.2) is 0 Å². The number of aliphatic carboxylic acids is 2. The third kappa shape index (κ3) is 8.68. The van der Waals surface area contributed by atoms with Crippen molar-refractivity contribution in [2.75, 3.05) is 0 Å². The van der Waals surface area contributed by atoms with Crippen molar-refractivity contribution in [3.63, 3.8) is 0 Å². The number of carboxylic acids is 2. The number of aromatic nitrogens is 2. The topological polar surface area (TPSA) is 215 Å². The SMILES string of the molecule is NC(=O)C(CCC(=O)O)NC(=O)C(CCC(=O)O)NC(=O)CCc1noc(-c2ccccc2)n1. The normalized spacial score (nSPS) is 12.4. The molecule has 1 heterocycles. The average Bonchev–Trinajstić information content (AvgIpc) is 3.27. The van der Waals surface area contributed by atoms with Gasteiger partial charge in [0.25, 0.3) is 5.89 Å². The molecule has 0 aliphatic carbocycles. The van der Waals surface area contributed by atoms with E-state index in [1.165, 1.54) is 0 Å². The molecule has 0 aliphatic heterocycles. The summed E-state index contributed by atoms with van der Waals surface area (Å²) in [4.78, 5) is 62.4. The Kier molecular flexibility index (Phi) is 9.68. The second kappa shape index (κ2) is 12.7. The number of rotatable bonds is 14. The Bertz CT molecular complexity index is 1020. The molecular formula is C21H25N5O8. The number of nitrogens with zero attached hydrogens (tertiary/aromatic N) is 2. The monoisotopic (exact) mass is 475 g/mol. The number of benzene rings is 1. The molecule has 2 rings (SSSR count). The number of hydrogen-bond donors (Lipinski definition) is 5. The van der Waals surface area contributed by atoms with Gasteiger partial charge in [0.05, 0.1) is 0 Å². The van der Waals surface area contributed by atoms with Gasteiger partial charge in [-0.3, -0.25) is 24.0 Å². The van der Waals surface area contributed by atoms with E-state index in [0.29, 0.717) is 5.56 Å². The Hall–Kier alpha value is -4.29. The van der Waals surface area contributed by atoms with E-state index in [1.54, 1.807) is 24.3 Å². The van der Waals surface area contributed by atoms with Crippen molar-refractivity contribution in [1.82, 2.24) is 20.8 Å². The molecule has 13 heteroatoms. The summed E-state index contributed by atoms with van der Waals surface area (Å²) in [5, 5.41) is 26.2. The van der Waals surface area contributed by atoms with Crippen molar-refractivity contribution in [2.24, 2.45) is 5.73 Å². The van der Waals surface area contributed by atoms with Crippen LogP contribution in [0.2, 0.25) is 0 Å². The Balaban J connectivity index is 1.96. The lowest BCUT2D eigenvalue weighted by molar-refractivity contribution is -0.139. The zero-order chi connectivity index (χ0) is 25.1. The van der Waals surface area contributed by atoms with Crippen LogP contribution in [-0.2, 0) is 30.4 Å². The van der Waals surface area contributed by atoms with Gasteiger partial charge >= 0.3 is 11.9 Å². The lowest BCUT2D eigenvalue weighted by atomic mass is 10.1. The molecule has 1 aromatic heterocycles. The summed E-state index contributed by atoms with van der Waals surface area (Å²) >= 11 is 0. The van der Waals surface area contributed by atoms with Crippen LogP contribution < -0.4 is 16.4 Å². The van der Waals surface area contributed by atoms with Crippen molar-refractivity contribution in [3.05, 3.63) is 36.2 Å². The molecule has 0 fully saturated rings. The lowest BCUT2D eigenvalue weighted by Gasteiger charge is -2.21. The van der Waals surface area contributed by atoms with Crippen molar-refractivity contribution < 1.29 is 38.7 Å². The first-order valence-electron chi connectivity index (χ1n) is 10.4. The first kappa shape index (κ1) is 26.0. The number of hydrogen-bond acceptors (Lipinski definition) is 8. The highest BCUT2D eigenvalue weighted by molar-refractivity contribution is 5.92. The van der Waals surface area contributed by atoms with Gasteiger partial charge in [-0.2, -0.15) is 4.98 Å². The molecule has 2 unspecified atom stereocenters. The van der Waals surface area contributed by atoms with Gasteiger partial charge in [0, 0.05) is 31.2 Å². The van der Waals surface area contributed by atoms with Crippen LogP contribution in [0.1, 0.15) is 37.9 Å². The fourth-order valence-corrected chi connectivity index (χ4v) is 2.91. The van der Waals surface area contributed by atoms with Crippen LogP contribution in [-0.4, -0.2) is 62.1 Å². The smallest absolute Gasteiger partial charge is 0.303 e. The molecule has 0 bridgehead atoms. The Morgan fingerprint density at radius 3 is 2.12 bits per heavy atom. The summed E-state index contributed by atoms with van der Waals surface area (Å²) in [6.07, 6.45) is -1.38. The molecule has 0 saturated carbocycles. The van der Waals surface area contributed by atoms with E-state index in [2.05, 4.69) is 20.8 Å². The standard InChI is InChI=1S/C21H25N5O8/c22-19(32)13(6-10-17(28)29)24-20(33)14(7-11-18(30)31)23-16(27)9-8-15-25-21(34-26-15)12-4-2-1-3-5-12/h1-5,13-14H,6-11H2,(H2,22,32)(H,23,27)(H,24,33)(H,28,29)(H,30,31). The highest BCUT2D eigenvalue weighted by atomic mass is 16.5. The van der Waals surface area contributed by atoms with Crippen LogP contribution in [0.25, 0.3) is 11.5 Å². The number of nitrogens with one attached hydrogen (secondary N) is 2. The van der Waals surface area contributed by atoms with E-state index < -0.39 is 54.6 Å². The van der Waals surface area contributed by atoms with Crippen molar-refractivity contribution in [3.8, 4) is 11.5 Å². The first-order chi connectivity index (χ1) is 16.2. The maximum Gasteiger partial charge on any atom is 0.303 e. The molecule has 0 spiro atoms. The second-order valence-electron chi connectivity index (χ2n) is 7.33. The lowest BCUT2D eigenvalue weighted by Crippen LogP contribution is -2.53. The van der Waals surface area contributed by atoms with Crippen molar-refractivity contribution in [2.45, 2.75) is 50.6 Å². The van der Waals surface area contributed by atoms with E-state index in [0.717, 1.165) is 0 Å². The number of primary amides is 1. The average molecular weight is 475 g/mol. The number of nitrogens with two attached hydrogens (primary N) is 1. The van der Waals surface area contributed by atoms with Gasteiger partial charge in [-0.1, -0.05) is 23.4 Å². The van der Waals surface area contributed by atoms with Crippen LogP contribution in [0.5, 0.6) is 0 Å². The molecular weight excluding hydrogens is 450 g/mol. The largest absolute Gasteiger partial charge is 0.481 e. The molecule has 3 amide bonds. The third-order valence-electron chi connectivity index (χ3n) is 4.67. The maximum absolute atomic E-state index is 12.6. The van der Waals surface area contributed by atoms with Gasteiger partial charge in [-0.15, -0.1) is 0 Å². The minimum Gasteiger partial charge on any atom is -0.481 e. The highest BCUT2D eigenvalue weighted by Crippen LogP contribution is 2.16. The predicted molar refractivity (Wildman–Crippen MR) is 115 cm³/mol. The van der Waals surface area contributed by atoms with Crippen LogP contribution in [0.3, 0.4) is 0 Å². The van der Waals surface area contributed by atoms with Gasteiger partial charge in [-0.05, 0) is 25.0 Å². The van der Waals surface area contributed by atoms with Crippen LogP contribution in [0.4, 0.5) is 0 Å². The number of carbonyl (C=O) groups is 5. The van der Waals surface area contributed by atoms with E-state index >= 15 is 0 Å². The number of aryl methyl sites for hydroxylation is 1. The van der Waals surface area contributed by atoms with Gasteiger partial charge < -0.3 is 31.1 Å². The number of amides is 3.